The van der Waals surface area contributed by atoms with E-state index in [4.69, 9.17) is 0 Å². The number of rotatable bonds is 7. The van der Waals surface area contributed by atoms with Crippen LogP contribution in [0.5, 0.6) is 0 Å². The van der Waals surface area contributed by atoms with Gasteiger partial charge in [-0.3, -0.25) is 9.52 Å². The minimum absolute atomic E-state index is 0.0708. The summed E-state index contributed by atoms with van der Waals surface area (Å²) in [7, 11) is -3.85. The maximum Gasteiger partial charge on any atom is 0.262 e. The van der Waals surface area contributed by atoms with E-state index in [-0.39, 0.29) is 22.4 Å². The van der Waals surface area contributed by atoms with Gasteiger partial charge in [0.15, 0.2) is 0 Å². The lowest BCUT2D eigenvalue weighted by molar-refractivity contribution is 0.102. The number of amides is 1. The molecule has 1 unspecified atom stereocenters. The fraction of sp³-hybridized carbons (Fsp3) is 0.304. The normalized spacial score (nSPS) is 14.8. The van der Waals surface area contributed by atoms with Crippen molar-refractivity contribution in [2.75, 3.05) is 10.0 Å². The predicted molar refractivity (Wildman–Crippen MR) is 121 cm³/mol. The molecule has 4 rings (SSSR count). The summed E-state index contributed by atoms with van der Waals surface area (Å²) in [4.78, 5) is 13.0. The van der Waals surface area contributed by atoms with Crippen molar-refractivity contribution >= 4 is 27.4 Å². The van der Waals surface area contributed by atoms with Gasteiger partial charge in [-0.15, -0.1) is 0 Å². The van der Waals surface area contributed by atoms with Crippen LogP contribution in [0.25, 0.3) is 0 Å². The number of benzene rings is 2. The molecule has 2 aromatic carbocycles. The maximum absolute atomic E-state index is 13.0. The molecule has 162 valence electrons. The van der Waals surface area contributed by atoms with Crippen LogP contribution in [0.15, 0.2) is 59.6 Å². The van der Waals surface area contributed by atoms with Crippen LogP contribution in [-0.4, -0.2) is 24.1 Å². The van der Waals surface area contributed by atoms with Gasteiger partial charge in [-0.05, 0) is 74.9 Å². The van der Waals surface area contributed by atoms with Crippen molar-refractivity contribution in [3.05, 3.63) is 71.4 Å². The first-order valence-corrected chi connectivity index (χ1v) is 11.8. The highest BCUT2D eigenvalue weighted by atomic mass is 32.2. The third-order valence-electron chi connectivity index (χ3n) is 5.61. The number of nitrogens with one attached hydrogen (secondary N) is 2. The van der Waals surface area contributed by atoms with E-state index in [1.165, 1.54) is 18.9 Å². The van der Waals surface area contributed by atoms with Gasteiger partial charge in [-0.1, -0.05) is 18.2 Å². The Morgan fingerprint density at radius 3 is 2.61 bits per heavy atom. The quantitative estimate of drug-likeness (QED) is 0.567. The van der Waals surface area contributed by atoms with Crippen molar-refractivity contribution in [3.8, 4) is 0 Å². The van der Waals surface area contributed by atoms with Gasteiger partial charge in [-0.2, -0.15) is 5.10 Å². The number of sulfonamides is 1. The molecule has 1 aliphatic carbocycles. The van der Waals surface area contributed by atoms with Gasteiger partial charge in [0.2, 0.25) is 0 Å². The smallest absolute Gasteiger partial charge is 0.262 e. The lowest BCUT2D eigenvalue weighted by Gasteiger charge is -2.16. The minimum atomic E-state index is -3.85. The van der Waals surface area contributed by atoms with Crippen molar-refractivity contribution in [2.24, 2.45) is 5.92 Å². The minimum Gasteiger partial charge on any atom is -0.307 e. The number of carbonyl (C=O) groups is 1. The highest BCUT2D eigenvalue weighted by molar-refractivity contribution is 7.92. The molecular formula is C23H26N4O3S. The monoisotopic (exact) mass is 438 g/mol. The molecule has 0 radical (unpaired) electrons. The van der Waals surface area contributed by atoms with Gasteiger partial charge in [0.1, 0.15) is 5.82 Å². The molecule has 7 nitrogen and oxygen atoms in total. The molecule has 1 heterocycles. The summed E-state index contributed by atoms with van der Waals surface area (Å²) in [6.07, 6.45) is 3.99. The second-order valence-corrected chi connectivity index (χ2v) is 9.80. The highest BCUT2D eigenvalue weighted by Gasteiger charge is 2.31. The van der Waals surface area contributed by atoms with E-state index in [0.29, 0.717) is 23.0 Å². The summed E-state index contributed by atoms with van der Waals surface area (Å²) in [5.74, 6) is 0.809. The molecule has 1 amide bonds. The van der Waals surface area contributed by atoms with Crippen molar-refractivity contribution in [1.82, 2.24) is 9.78 Å². The maximum atomic E-state index is 13.0. The summed E-state index contributed by atoms with van der Waals surface area (Å²) in [5, 5.41) is 7.22. The third-order valence-corrected chi connectivity index (χ3v) is 7.14. The van der Waals surface area contributed by atoms with Gasteiger partial charge in [-0.25, -0.2) is 13.1 Å². The molecule has 1 fully saturated rings. The van der Waals surface area contributed by atoms with Crippen LogP contribution in [0, 0.1) is 19.8 Å². The Labute approximate surface area is 182 Å². The number of nitrogens with zero attached hydrogens (tertiary/aromatic N) is 2. The van der Waals surface area contributed by atoms with Gasteiger partial charge in [0, 0.05) is 17.3 Å². The average molecular weight is 439 g/mol. The van der Waals surface area contributed by atoms with Gasteiger partial charge in [0.05, 0.1) is 17.1 Å². The fourth-order valence-corrected chi connectivity index (χ4v) is 4.98. The van der Waals surface area contributed by atoms with Crippen molar-refractivity contribution in [3.63, 3.8) is 0 Å². The van der Waals surface area contributed by atoms with Crippen LogP contribution in [0.4, 0.5) is 11.5 Å². The average Bonchev–Trinajstić information content (AvgIpc) is 3.46. The van der Waals surface area contributed by atoms with Crippen LogP contribution in [0.1, 0.15) is 47.3 Å². The largest absolute Gasteiger partial charge is 0.307 e. The second kappa shape index (κ2) is 8.19. The number of hydrogen-bond donors (Lipinski definition) is 2. The van der Waals surface area contributed by atoms with Crippen LogP contribution in [0.3, 0.4) is 0 Å². The first-order valence-electron chi connectivity index (χ1n) is 10.3. The van der Waals surface area contributed by atoms with Gasteiger partial charge >= 0.3 is 0 Å². The predicted octanol–water partition coefficient (Wildman–Crippen LogP) is 4.52. The highest BCUT2D eigenvalue weighted by Crippen LogP contribution is 2.40. The van der Waals surface area contributed by atoms with Crippen molar-refractivity contribution in [2.45, 2.75) is 44.6 Å². The zero-order chi connectivity index (χ0) is 22.2. The SMILES string of the molecule is Cc1cccc(NS(=O)(=O)c2cc(C(=O)Nc3ccnn3C(C)C3CC3)ccc2C)c1. The summed E-state index contributed by atoms with van der Waals surface area (Å²) in [5.41, 5.74) is 2.25. The lowest BCUT2D eigenvalue weighted by atomic mass is 10.1. The summed E-state index contributed by atoms with van der Waals surface area (Å²) >= 11 is 0. The molecule has 1 atom stereocenters. The van der Waals surface area contributed by atoms with E-state index in [0.717, 1.165) is 5.56 Å². The molecular weight excluding hydrogens is 412 g/mol. The molecule has 0 bridgehead atoms. The fourth-order valence-electron chi connectivity index (χ4n) is 3.65. The first-order chi connectivity index (χ1) is 14.7. The van der Waals surface area contributed by atoms with Crippen molar-refractivity contribution < 1.29 is 13.2 Å². The van der Waals surface area contributed by atoms with Crippen LogP contribution >= 0.6 is 0 Å². The molecule has 0 aliphatic heterocycles. The summed E-state index contributed by atoms with van der Waals surface area (Å²) < 4.78 is 30.4. The van der Waals surface area contributed by atoms with Gasteiger partial charge < -0.3 is 5.32 Å². The standard InChI is InChI=1S/C23H26N4O3S/c1-15-5-4-6-20(13-15)26-31(29,30)21-14-19(8-7-16(21)2)23(28)25-22-11-12-24-27(22)17(3)18-9-10-18/h4-8,11-14,17-18,26H,9-10H2,1-3H3,(H,25,28). The van der Waals surface area contributed by atoms with E-state index in [1.54, 1.807) is 49.5 Å². The second-order valence-electron chi connectivity index (χ2n) is 8.15. The molecule has 2 N–H and O–H groups in total. The molecule has 1 aromatic heterocycles. The van der Waals surface area contributed by atoms with E-state index >= 15 is 0 Å². The first kappa shape index (κ1) is 21.1. The molecule has 0 spiro atoms. The zero-order valence-corrected chi connectivity index (χ0v) is 18.6. The lowest BCUT2D eigenvalue weighted by Crippen LogP contribution is -2.20. The van der Waals surface area contributed by atoms with Gasteiger partial charge in [0.25, 0.3) is 15.9 Å². The Morgan fingerprint density at radius 1 is 1.13 bits per heavy atom. The number of anilines is 2. The molecule has 1 saturated carbocycles. The Balaban J connectivity index is 1.57. The number of aryl methyl sites for hydroxylation is 2. The number of aromatic nitrogens is 2. The molecule has 1 aliphatic rings. The van der Waals surface area contributed by atoms with E-state index in [2.05, 4.69) is 22.1 Å². The Bertz CT molecular complexity index is 1230. The Kier molecular flexibility index (Phi) is 5.58. The number of carbonyl (C=O) groups excluding carboxylic acids is 1. The van der Waals surface area contributed by atoms with E-state index in [1.807, 2.05) is 17.7 Å². The Hall–Kier alpha value is -3.13. The van der Waals surface area contributed by atoms with E-state index in [9.17, 15) is 13.2 Å². The van der Waals surface area contributed by atoms with Crippen LogP contribution < -0.4 is 10.0 Å². The third kappa shape index (κ3) is 4.64. The van der Waals surface area contributed by atoms with Crippen LogP contribution in [-0.2, 0) is 10.0 Å². The van der Waals surface area contributed by atoms with Crippen LogP contribution in [0.2, 0.25) is 0 Å². The van der Waals surface area contributed by atoms with E-state index < -0.39 is 10.0 Å². The Morgan fingerprint density at radius 2 is 1.90 bits per heavy atom. The number of hydrogen-bond acceptors (Lipinski definition) is 4. The summed E-state index contributed by atoms with van der Waals surface area (Å²) in [6, 6.07) is 13.8. The molecule has 31 heavy (non-hydrogen) atoms. The summed E-state index contributed by atoms with van der Waals surface area (Å²) in [6.45, 7) is 5.69. The molecule has 0 saturated heterocycles. The molecule has 8 heteroatoms. The molecule has 3 aromatic rings. The zero-order valence-electron chi connectivity index (χ0n) is 17.8. The van der Waals surface area contributed by atoms with Crippen molar-refractivity contribution in [1.29, 1.82) is 0 Å². The topological polar surface area (TPSA) is 93.1 Å².